The molecule has 0 amide bonds. The Kier molecular flexibility index (Phi) is 19.6. The molecule has 0 fully saturated rings. The number of unbranched alkanes of at least 4 members (excludes halogenated alkanes) is 15. The van der Waals surface area contributed by atoms with E-state index in [1.165, 1.54) is 89.9 Å². The van der Waals surface area contributed by atoms with Crippen LogP contribution in [-0.4, -0.2) is 11.1 Å². The molecular formula is C22H42O2. The molecule has 0 aromatic carbocycles. The van der Waals surface area contributed by atoms with E-state index in [-0.39, 0.29) is 1.43 Å². The second-order valence-corrected chi connectivity index (χ2v) is 7.00. The van der Waals surface area contributed by atoms with Crippen LogP contribution in [0, 0.1) is 6.92 Å². The largest absolute Gasteiger partial charge is 1.00 e. The summed E-state index contributed by atoms with van der Waals surface area (Å²) in [7, 11) is 0. The fraction of sp³-hybridized carbons (Fsp3) is 0.818. The van der Waals surface area contributed by atoms with Crippen molar-refractivity contribution in [2.24, 2.45) is 0 Å². The van der Waals surface area contributed by atoms with Crippen molar-refractivity contribution in [3.63, 3.8) is 0 Å². The Morgan fingerprint density at radius 1 is 0.667 bits per heavy atom. The van der Waals surface area contributed by atoms with Crippen molar-refractivity contribution in [1.29, 1.82) is 0 Å². The molecule has 0 bridgehead atoms. The standard InChI is InChI=1S/C22H41O2/c1-2-3-4-5-6-7-8-9-10-11-12-13-14-15-16-17-18-19-20-21-22(23)24/h9-10H,1-8,11-21H2,(H,23,24)/q-1/p+1/b10-9-. The maximum atomic E-state index is 10.4. The quantitative estimate of drug-likeness (QED) is 0.149. The molecule has 0 aliphatic heterocycles. The monoisotopic (exact) mass is 338 g/mol. The van der Waals surface area contributed by atoms with Crippen LogP contribution in [0.5, 0.6) is 0 Å². The van der Waals surface area contributed by atoms with Gasteiger partial charge in [-0.15, -0.1) is 0 Å². The summed E-state index contributed by atoms with van der Waals surface area (Å²) < 4.78 is 0. The van der Waals surface area contributed by atoms with Crippen LogP contribution < -0.4 is 0 Å². The van der Waals surface area contributed by atoms with Gasteiger partial charge < -0.3 is 12.0 Å². The molecule has 142 valence electrons. The third-order valence-corrected chi connectivity index (χ3v) is 4.55. The van der Waals surface area contributed by atoms with E-state index in [1.54, 1.807) is 0 Å². The Morgan fingerprint density at radius 2 is 1.04 bits per heavy atom. The van der Waals surface area contributed by atoms with Crippen LogP contribution in [0.25, 0.3) is 0 Å². The van der Waals surface area contributed by atoms with Gasteiger partial charge in [-0.25, -0.2) is 0 Å². The molecule has 0 saturated heterocycles. The Hall–Kier alpha value is -0.790. The van der Waals surface area contributed by atoms with Crippen molar-refractivity contribution in [3.8, 4) is 0 Å². The highest BCUT2D eigenvalue weighted by Gasteiger charge is 1.96. The summed E-state index contributed by atoms with van der Waals surface area (Å²) in [5.74, 6) is -0.659. The lowest BCUT2D eigenvalue weighted by Crippen LogP contribution is -1.93. The van der Waals surface area contributed by atoms with E-state index in [1.807, 2.05) is 0 Å². The Morgan fingerprint density at radius 3 is 1.46 bits per heavy atom. The van der Waals surface area contributed by atoms with Crippen molar-refractivity contribution >= 4 is 5.97 Å². The topological polar surface area (TPSA) is 37.3 Å². The summed E-state index contributed by atoms with van der Waals surface area (Å²) in [6.45, 7) is 3.88. The van der Waals surface area contributed by atoms with Gasteiger partial charge in [0.2, 0.25) is 0 Å². The average molecular weight is 339 g/mol. The van der Waals surface area contributed by atoms with Crippen molar-refractivity contribution < 1.29 is 11.3 Å². The highest BCUT2D eigenvalue weighted by atomic mass is 16.4. The molecule has 1 N–H and O–H groups in total. The normalized spacial score (nSPS) is 11.4. The van der Waals surface area contributed by atoms with E-state index in [0.29, 0.717) is 6.42 Å². The minimum Gasteiger partial charge on any atom is -0.481 e. The first-order valence-corrected chi connectivity index (χ1v) is 10.4. The summed E-state index contributed by atoms with van der Waals surface area (Å²) in [5.41, 5.74) is 0. The zero-order chi connectivity index (χ0) is 17.7. The molecule has 0 rings (SSSR count). The third kappa shape index (κ3) is 21.2. The molecule has 2 nitrogen and oxygen atoms in total. The smallest absolute Gasteiger partial charge is 0.481 e. The molecule has 0 unspecified atom stereocenters. The Balaban J connectivity index is 0. The van der Waals surface area contributed by atoms with Gasteiger partial charge in [-0.3, -0.25) is 4.79 Å². The first kappa shape index (κ1) is 23.2. The summed E-state index contributed by atoms with van der Waals surface area (Å²) in [6, 6.07) is 0. The molecule has 0 aromatic heterocycles. The molecule has 0 radical (unpaired) electrons. The summed E-state index contributed by atoms with van der Waals surface area (Å²) >= 11 is 0. The van der Waals surface area contributed by atoms with Crippen molar-refractivity contribution in [1.82, 2.24) is 0 Å². The van der Waals surface area contributed by atoms with Gasteiger partial charge in [-0.2, -0.15) is 6.42 Å². The lowest BCUT2D eigenvalue weighted by molar-refractivity contribution is -0.137. The van der Waals surface area contributed by atoms with Gasteiger partial charge in [0, 0.05) is 6.42 Å². The van der Waals surface area contributed by atoms with Gasteiger partial charge >= 0.3 is 7.40 Å². The zero-order valence-electron chi connectivity index (χ0n) is 16.9. The number of hydrogen-bond acceptors (Lipinski definition) is 1. The van der Waals surface area contributed by atoms with E-state index in [0.717, 1.165) is 19.3 Å². The van der Waals surface area contributed by atoms with Crippen LogP contribution in [0.1, 0.15) is 117 Å². The van der Waals surface area contributed by atoms with E-state index < -0.39 is 5.97 Å². The number of hydrogen-bond donors (Lipinski definition) is 1. The minimum absolute atomic E-state index is 0. The molecule has 0 aromatic rings. The molecule has 0 aliphatic rings. The SMILES string of the molecule is [CH2-]CCCCCCC/C=C\CCCCCCCCCCCC(=O)O.[H+]. The summed E-state index contributed by atoms with van der Waals surface area (Å²) in [6.07, 6.45) is 26.5. The molecule has 0 heterocycles. The molecule has 24 heavy (non-hydrogen) atoms. The zero-order valence-corrected chi connectivity index (χ0v) is 15.9. The van der Waals surface area contributed by atoms with E-state index >= 15 is 0 Å². The number of aliphatic carboxylic acids is 1. The lowest BCUT2D eigenvalue weighted by Gasteiger charge is -2.01. The Bertz CT molecular complexity index is 290. The van der Waals surface area contributed by atoms with E-state index in [4.69, 9.17) is 5.11 Å². The van der Waals surface area contributed by atoms with Gasteiger partial charge in [0.25, 0.3) is 0 Å². The summed E-state index contributed by atoms with van der Waals surface area (Å²) in [4.78, 5) is 10.4. The second kappa shape index (κ2) is 20.3. The average Bonchev–Trinajstić information content (AvgIpc) is 2.56. The maximum Gasteiger partial charge on any atom is 1.00 e. The maximum absolute atomic E-state index is 10.4. The molecule has 0 atom stereocenters. The van der Waals surface area contributed by atoms with Crippen LogP contribution in [0.3, 0.4) is 0 Å². The van der Waals surface area contributed by atoms with Gasteiger partial charge in [0.1, 0.15) is 0 Å². The highest BCUT2D eigenvalue weighted by molar-refractivity contribution is 5.66. The van der Waals surface area contributed by atoms with Crippen LogP contribution in [0.2, 0.25) is 0 Å². The molecule has 0 spiro atoms. The molecule has 0 saturated carbocycles. The van der Waals surface area contributed by atoms with Crippen LogP contribution in [0.4, 0.5) is 0 Å². The fourth-order valence-corrected chi connectivity index (χ4v) is 2.98. The van der Waals surface area contributed by atoms with Gasteiger partial charge in [-0.05, 0) is 32.1 Å². The van der Waals surface area contributed by atoms with Crippen LogP contribution in [0.15, 0.2) is 12.2 Å². The van der Waals surface area contributed by atoms with Crippen molar-refractivity contribution in [3.05, 3.63) is 19.1 Å². The second-order valence-electron chi connectivity index (χ2n) is 7.00. The molecule has 2 heteroatoms. The number of carboxylic acid groups (broad SMARTS) is 1. The van der Waals surface area contributed by atoms with E-state index in [2.05, 4.69) is 19.1 Å². The molecular weight excluding hydrogens is 296 g/mol. The van der Waals surface area contributed by atoms with Gasteiger partial charge in [-0.1, -0.05) is 82.8 Å². The number of rotatable bonds is 19. The number of carbonyl (C=O) groups is 1. The first-order chi connectivity index (χ1) is 11.8. The third-order valence-electron chi connectivity index (χ3n) is 4.55. The number of allylic oxidation sites excluding steroid dienone is 2. The van der Waals surface area contributed by atoms with Crippen LogP contribution in [-0.2, 0) is 4.79 Å². The van der Waals surface area contributed by atoms with Gasteiger partial charge in [0.05, 0.1) is 0 Å². The fourth-order valence-electron chi connectivity index (χ4n) is 2.98. The van der Waals surface area contributed by atoms with Crippen LogP contribution >= 0.6 is 0 Å². The summed E-state index contributed by atoms with van der Waals surface area (Å²) in [5, 5.41) is 8.55. The first-order valence-electron chi connectivity index (χ1n) is 10.4. The van der Waals surface area contributed by atoms with E-state index in [9.17, 15) is 4.79 Å². The Labute approximate surface area is 152 Å². The predicted octanol–water partition coefficient (Wildman–Crippen LogP) is 7.60. The number of carboxylic acids is 1. The van der Waals surface area contributed by atoms with Gasteiger partial charge in [0.15, 0.2) is 0 Å². The highest BCUT2D eigenvalue weighted by Crippen LogP contribution is 2.12. The van der Waals surface area contributed by atoms with Crippen molar-refractivity contribution in [2.75, 3.05) is 0 Å². The van der Waals surface area contributed by atoms with Crippen molar-refractivity contribution in [2.45, 2.75) is 116 Å². The lowest BCUT2D eigenvalue weighted by atomic mass is 10.1. The minimum atomic E-state index is -0.659. The predicted molar refractivity (Wildman–Crippen MR) is 106 cm³/mol. The molecule has 0 aliphatic carbocycles.